The van der Waals surface area contributed by atoms with Gasteiger partial charge in [0.15, 0.2) is 0 Å². The van der Waals surface area contributed by atoms with Crippen LogP contribution in [-0.4, -0.2) is 7.11 Å². The van der Waals surface area contributed by atoms with Crippen molar-refractivity contribution in [1.29, 1.82) is 0 Å². The molecule has 0 unspecified atom stereocenters. The molecule has 0 amide bonds. The van der Waals surface area contributed by atoms with Crippen LogP contribution in [0.4, 0.5) is 0 Å². The fourth-order valence-electron chi connectivity index (χ4n) is 2.26. The summed E-state index contributed by atoms with van der Waals surface area (Å²) in [6, 6.07) is 17.4. The average Bonchev–Trinajstić information content (AvgIpc) is 2.47. The van der Waals surface area contributed by atoms with Crippen LogP contribution in [0.25, 0.3) is 0 Å². The van der Waals surface area contributed by atoms with E-state index in [0.29, 0.717) is 12.6 Å². The van der Waals surface area contributed by atoms with Gasteiger partial charge in [0.1, 0.15) is 0 Å². The highest BCUT2D eigenvalue weighted by molar-refractivity contribution is 5.27. The van der Waals surface area contributed by atoms with E-state index in [9.17, 15) is 0 Å². The molecule has 0 aliphatic heterocycles. The Morgan fingerprint density at radius 3 is 2.30 bits per heavy atom. The fraction of sp³-hybridized carbons (Fsp3) is 0.333. The van der Waals surface area contributed by atoms with E-state index in [0.717, 1.165) is 6.54 Å². The van der Waals surface area contributed by atoms with Crippen molar-refractivity contribution in [3.63, 3.8) is 0 Å². The monoisotopic (exact) mass is 269 g/mol. The summed E-state index contributed by atoms with van der Waals surface area (Å²) in [6.07, 6.45) is 0. The Bertz CT molecular complexity index is 533. The van der Waals surface area contributed by atoms with Gasteiger partial charge in [-0.25, -0.2) is 0 Å². The number of hydrogen-bond donors (Lipinski definition) is 1. The zero-order chi connectivity index (χ0) is 14.4. The maximum Gasteiger partial charge on any atom is 0.0716 e. The standard InChI is InChI=1S/C18H23NO/c1-14-8-10-16(11-9-14)15(2)19-12-17-6-4-5-7-18(17)13-20-3/h4-11,15,19H,12-13H2,1-3H3/t15-/m1/s1. The first-order valence-electron chi connectivity index (χ1n) is 7.06. The van der Waals surface area contributed by atoms with Crippen molar-refractivity contribution in [3.8, 4) is 0 Å². The van der Waals surface area contributed by atoms with Crippen LogP contribution in [0.2, 0.25) is 0 Å². The van der Waals surface area contributed by atoms with Gasteiger partial charge in [-0.05, 0) is 30.5 Å². The molecular formula is C18H23NO. The van der Waals surface area contributed by atoms with Gasteiger partial charge in [-0.1, -0.05) is 54.1 Å². The Morgan fingerprint density at radius 2 is 1.65 bits per heavy atom. The Hall–Kier alpha value is -1.64. The number of aryl methyl sites for hydroxylation is 1. The highest BCUT2D eigenvalue weighted by Crippen LogP contribution is 2.15. The molecule has 2 aromatic rings. The molecule has 2 aromatic carbocycles. The molecule has 20 heavy (non-hydrogen) atoms. The number of hydrogen-bond acceptors (Lipinski definition) is 2. The van der Waals surface area contributed by atoms with Crippen LogP contribution in [0.3, 0.4) is 0 Å². The van der Waals surface area contributed by atoms with Gasteiger partial charge in [-0.3, -0.25) is 0 Å². The lowest BCUT2D eigenvalue weighted by Crippen LogP contribution is -2.19. The first-order chi connectivity index (χ1) is 9.70. The molecule has 1 atom stereocenters. The fourth-order valence-corrected chi connectivity index (χ4v) is 2.26. The van der Waals surface area contributed by atoms with Crippen molar-refractivity contribution < 1.29 is 4.74 Å². The zero-order valence-corrected chi connectivity index (χ0v) is 12.5. The van der Waals surface area contributed by atoms with Crippen LogP contribution >= 0.6 is 0 Å². The number of nitrogens with one attached hydrogen (secondary N) is 1. The summed E-state index contributed by atoms with van der Waals surface area (Å²) < 4.78 is 5.25. The van der Waals surface area contributed by atoms with Crippen LogP contribution in [0.15, 0.2) is 48.5 Å². The molecule has 0 aliphatic carbocycles. The summed E-state index contributed by atoms with van der Waals surface area (Å²) in [5, 5.41) is 3.58. The molecule has 0 saturated carbocycles. The van der Waals surface area contributed by atoms with Crippen LogP contribution in [0, 0.1) is 6.92 Å². The molecule has 0 aromatic heterocycles. The van der Waals surface area contributed by atoms with Crippen molar-refractivity contribution in [1.82, 2.24) is 5.32 Å². The summed E-state index contributed by atoms with van der Waals surface area (Å²) in [4.78, 5) is 0. The van der Waals surface area contributed by atoms with Gasteiger partial charge < -0.3 is 10.1 Å². The topological polar surface area (TPSA) is 21.3 Å². The largest absolute Gasteiger partial charge is 0.380 e. The van der Waals surface area contributed by atoms with E-state index in [1.807, 2.05) is 0 Å². The summed E-state index contributed by atoms with van der Waals surface area (Å²) >= 11 is 0. The van der Waals surface area contributed by atoms with Gasteiger partial charge >= 0.3 is 0 Å². The van der Waals surface area contributed by atoms with E-state index in [1.54, 1.807) is 7.11 Å². The van der Waals surface area contributed by atoms with E-state index < -0.39 is 0 Å². The van der Waals surface area contributed by atoms with E-state index in [-0.39, 0.29) is 0 Å². The first-order valence-corrected chi connectivity index (χ1v) is 7.06. The van der Waals surface area contributed by atoms with E-state index in [4.69, 9.17) is 4.74 Å². The Balaban J connectivity index is 1.99. The van der Waals surface area contributed by atoms with Crippen molar-refractivity contribution in [2.45, 2.75) is 33.0 Å². The first kappa shape index (κ1) is 14.8. The zero-order valence-electron chi connectivity index (χ0n) is 12.5. The minimum absolute atomic E-state index is 0.339. The maximum absolute atomic E-state index is 5.25. The normalized spacial score (nSPS) is 12.3. The van der Waals surface area contributed by atoms with Crippen LogP contribution in [-0.2, 0) is 17.9 Å². The molecule has 106 valence electrons. The minimum atomic E-state index is 0.339. The molecule has 2 rings (SSSR count). The molecular weight excluding hydrogens is 246 g/mol. The Kier molecular flexibility index (Phi) is 5.33. The van der Waals surface area contributed by atoms with E-state index in [2.05, 4.69) is 67.7 Å². The second kappa shape index (κ2) is 7.22. The SMILES string of the molecule is COCc1ccccc1CN[C@H](C)c1ccc(C)cc1. The van der Waals surface area contributed by atoms with Gasteiger partial charge in [0.25, 0.3) is 0 Å². The molecule has 0 radical (unpaired) electrons. The molecule has 0 aliphatic rings. The second-order valence-electron chi connectivity index (χ2n) is 5.21. The van der Waals surface area contributed by atoms with Gasteiger partial charge in [0, 0.05) is 19.7 Å². The third-order valence-corrected chi connectivity index (χ3v) is 3.59. The number of benzene rings is 2. The van der Waals surface area contributed by atoms with Gasteiger partial charge in [-0.15, -0.1) is 0 Å². The molecule has 0 bridgehead atoms. The van der Waals surface area contributed by atoms with Crippen molar-refractivity contribution in [3.05, 3.63) is 70.8 Å². The molecule has 0 heterocycles. The lowest BCUT2D eigenvalue weighted by molar-refractivity contribution is 0.184. The van der Waals surface area contributed by atoms with Gasteiger partial charge in [0.2, 0.25) is 0 Å². The van der Waals surface area contributed by atoms with Gasteiger partial charge in [0.05, 0.1) is 6.61 Å². The molecule has 1 N–H and O–H groups in total. The van der Waals surface area contributed by atoms with E-state index in [1.165, 1.54) is 22.3 Å². The summed E-state index contributed by atoms with van der Waals surface area (Å²) in [5.41, 5.74) is 5.16. The van der Waals surface area contributed by atoms with Gasteiger partial charge in [-0.2, -0.15) is 0 Å². The molecule has 2 heteroatoms. The molecule has 0 fully saturated rings. The third-order valence-electron chi connectivity index (χ3n) is 3.59. The van der Waals surface area contributed by atoms with Crippen LogP contribution in [0.5, 0.6) is 0 Å². The summed E-state index contributed by atoms with van der Waals surface area (Å²) in [5.74, 6) is 0. The van der Waals surface area contributed by atoms with E-state index >= 15 is 0 Å². The number of ether oxygens (including phenoxy) is 1. The molecule has 2 nitrogen and oxygen atoms in total. The quantitative estimate of drug-likeness (QED) is 0.856. The Labute approximate surface area is 121 Å². The van der Waals surface area contributed by atoms with Crippen molar-refractivity contribution in [2.24, 2.45) is 0 Å². The minimum Gasteiger partial charge on any atom is -0.380 e. The highest BCUT2D eigenvalue weighted by atomic mass is 16.5. The highest BCUT2D eigenvalue weighted by Gasteiger charge is 2.06. The number of rotatable bonds is 6. The van der Waals surface area contributed by atoms with Crippen LogP contribution < -0.4 is 5.32 Å². The molecule has 0 spiro atoms. The average molecular weight is 269 g/mol. The van der Waals surface area contributed by atoms with Crippen LogP contribution in [0.1, 0.15) is 35.2 Å². The summed E-state index contributed by atoms with van der Waals surface area (Å²) in [7, 11) is 1.74. The maximum atomic E-state index is 5.25. The smallest absolute Gasteiger partial charge is 0.0716 e. The molecule has 0 saturated heterocycles. The predicted octanol–water partition coefficient (Wildman–Crippen LogP) is 3.99. The third kappa shape index (κ3) is 3.92. The second-order valence-corrected chi connectivity index (χ2v) is 5.21. The lowest BCUT2D eigenvalue weighted by atomic mass is 10.0. The summed E-state index contributed by atoms with van der Waals surface area (Å²) in [6.45, 7) is 5.83. The van der Waals surface area contributed by atoms with Crippen molar-refractivity contribution >= 4 is 0 Å². The Morgan fingerprint density at radius 1 is 1.00 bits per heavy atom. The van der Waals surface area contributed by atoms with Crippen molar-refractivity contribution in [2.75, 3.05) is 7.11 Å². The number of methoxy groups -OCH3 is 1. The lowest BCUT2D eigenvalue weighted by Gasteiger charge is -2.16. The predicted molar refractivity (Wildman–Crippen MR) is 83.6 cm³/mol.